The van der Waals surface area contributed by atoms with Crippen molar-refractivity contribution in [2.45, 2.75) is 40.0 Å². The van der Waals surface area contributed by atoms with Gasteiger partial charge in [-0.2, -0.15) is 0 Å². The maximum absolute atomic E-state index is 12.4. The number of amides is 1. The van der Waals surface area contributed by atoms with Gasteiger partial charge < -0.3 is 9.84 Å². The van der Waals surface area contributed by atoms with Crippen molar-refractivity contribution in [3.63, 3.8) is 0 Å². The van der Waals surface area contributed by atoms with E-state index in [1.165, 1.54) is 5.56 Å². The van der Waals surface area contributed by atoms with Crippen LogP contribution in [-0.4, -0.2) is 11.1 Å². The SMILES string of the molecule is CCc1cccc(NC(=O)c2c(C)noc2C(C)C)c1. The van der Waals surface area contributed by atoms with Gasteiger partial charge in [0.25, 0.3) is 5.91 Å². The molecule has 0 aliphatic carbocycles. The number of aromatic nitrogens is 1. The molecule has 0 atom stereocenters. The molecule has 0 aliphatic heterocycles. The van der Waals surface area contributed by atoms with Crippen LogP contribution < -0.4 is 5.32 Å². The van der Waals surface area contributed by atoms with Crippen molar-refractivity contribution in [2.24, 2.45) is 0 Å². The first kappa shape index (κ1) is 14.3. The maximum Gasteiger partial charge on any atom is 0.261 e. The molecule has 1 heterocycles. The van der Waals surface area contributed by atoms with Crippen molar-refractivity contribution in [3.05, 3.63) is 46.8 Å². The molecule has 106 valence electrons. The van der Waals surface area contributed by atoms with E-state index in [0.29, 0.717) is 17.0 Å². The van der Waals surface area contributed by atoms with Gasteiger partial charge in [-0.05, 0) is 31.0 Å². The molecule has 0 radical (unpaired) electrons. The van der Waals surface area contributed by atoms with Gasteiger partial charge in [0.2, 0.25) is 0 Å². The summed E-state index contributed by atoms with van der Waals surface area (Å²) in [6.07, 6.45) is 0.938. The lowest BCUT2D eigenvalue weighted by molar-refractivity contribution is 0.102. The van der Waals surface area contributed by atoms with Crippen molar-refractivity contribution in [3.8, 4) is 0 Å². The summed E-state index contributed by atoms with van der Waals surface area (Å²) in [7, 11) is 0. The summed E-state index contributed by atoms with van der Waals surface area (Å²) in [5, 5.41) is 6.81. The van der Waals surface area contributed by atoms with Crippen molar-refractivity contribution in [1.29, 1.82) is 0 Å². The summed E-state index contributed by atoms with van der Waals surface area (Å²) in [6.45, 7) is 7.83. The first-order chi connectivity index (χ1) is 9.52. The van der Waals surface area contributed by atoms with Crippen molar-refractivity contribution < 1.29 is 9.32 Å². The highest BCUT2D eigenvalue weighted by molar-refractivity contribution is 6.05. The number of hydrogen-bond donors (Lipinski definition) is 1. The fraction of sp³-hybridized carbons (Fsp3) is 0.375. The van der Waals surface area contributed by atoms with Gasteiger partial charge in [-0.3, -0.25) is 4.79 Å². The van der Waals surface area contributed by atoms with E-state index < -0.39 is 0 Å². The van der Waals surface area contributed by atoms with E-state index in [2.05, 4.69) is 17.4 Å². The Bertz CT molecular complexity index is 615. The average Bonchev–Trinajstić information content (AvgIpc) is 2.81. The number of carbonyl (C=O) groups is 1. The molecule has 4 nitrogen and oxygen atoms in total. The van der Waals surface area contributed by atoms with Gasteiger partial charge >= 0.3 is 0 Å². The average molecular weight is 272 g/mol. The first-order valence-corrected chi connectivity index (χ1v) is 6.89. The molecule has 2 aromatic rings. The molecule has 1 aromatic heterocycles. The van der Waals surface area contributed by atoms with Crippen LogP contribution >= 0.6 is 0 Å². The van der Waals surface area contributed by atoms with Crippen LogP contribution in [0, 0.1) is 6.92 Å². The summed E-state index contributed by atoms with van der Waals surface area (Å²) >= 11 is 0. The van der Waals surface area contributed by atoms with Gasteiger partial charge in [-0.25, -0.2) is 0 Å². The van der Waals surface area contributed by atoms with Gasteiger partial charge in [0, 0.05) is 11.6 Å². The minimum Gasteiger partial charge on any atom is -0.360 e. The third-order valence-electron chi connectivity index (χ3n) is 3.23. The number of nitrogens with zero attached hydrogens (tertiary/aromatic N) is 1. The summed E-state index contributed by atoms with van der Waals surface area (Å²) in [5.41, 5.74) is 3.15. The molecule has 0 aliphatic rings. The van der Waals surface area contributed by atoms with Crippen LogP contribution in [0.3, 0.4) is 0 Å². The maximum atomic E-state index is 12.4. The molecular weight excluding hydrogens is 252 g/mol. The zero-order chi connectivity index (χ0) is 14.7. The molecule has 0 spiro atoms. The molecule has 0 fully saturated rings. The fourth-order valence-corrected chi connectivity index (χ4v) is 2.12. The second kappa shape index (κ2) is 5.90. The van der Waals surface area contributed by atoms with E-state index in [1.807, 2.05) is 38.1 Å². The van der Waals surface area contributed by atoms with E-state index >= 15 is 0 Å². The quantitative estimate of drug-likeness (QED) is 0.917. The Balaban J connectivity index is 2.26. The van der Waals surface area contributed by atoms with E-state index in [1.54, 1.807) is 6.92 Å². The van der Waals surface area contributed by atoms with Crippen LogP contribution in [0.2, 0.25) is 0 Å². The predicted octanol–water partition coefficient (Wildman–Crippen LogP) is 3.92. The smallest absolute Gasteiger partial charge is 0.261 e. The van der Waals surface area contributed by atoms with Gasteiger partial charge in [0.15, 0.2) is 5.76 Å². The number of carbonyl (C=O) groups excluding carboxylic acids is 1. The molecule has 0 saturated carbocycles. The van der Waals surface area contributed by atoms with Crippen LogP contribution in [0.1, 0.15) is 54.1 Å². The molecule has 1 amide bonds. The molecule has 20 heavy (non-hydrogen) atoms. The molecular formula is C16H20N2O2. The third kappa shape index (κ3) is 2.90. The third-order valence-corrected chi connectivity index (χ3v) is 3.23. The minimum atomic E-state index is -0.166. The summed E-state index contributed by atoms with van der Waals surface area (Å²) in [4.78, 5) is 12.4. The zero-order valence-corrected chi connectivity index (χ0v) is 12.4. The van der Waals surface area contributed by atoms with Gasteiger partial charge in [0.05, 0.1) is 5.69 Å². The van der Waals surface area contributed by atoms with Crippen LogP contribution in [0.4, 0.5) is 5.69 Å². The molecule has 1 N–H and O–H groups in total. The van der Waals surface area contributed by atoms with E-state index in [4.69, 9.17) is 4.52 Å². The Morgan fingerprint density at radius 1 is 1.40 bits per heavy atom. The van der Waals surface area contributed by atoms with Gasteiger partial charge in [0.1, 0.15) is 5.56 Å². The Labute approximate surface area is 119 Å². The Morgan fingerprint density at radius 2 is 2.15 bits per heavy atom. The number of aryl methyl sites for hydroxylation is 2. The zero-order valence-electron chi connectivity index (χ0n) is 12.4. The molecule has 0 unspecified atom stereocenters. The Morgan fingerprint density at radius 3 is 2.80 bits per heavy atom. The number of nitrogens with one attached hydrogen (secondary N) is 1. The van der Waals surface area contributed by atoms with Gasteiger partial charge in [-0.1, -0.05) is 38.1 Å². The molecule has 0 bridgehead atoms. The highest BCUT2D eigenvalue weighted by atomic mass is 16.5. The van der Waals surface area contributed by atoms with Crippen molar-refractivity contribution in [1.82, 2.24) is 5.16 Å². The molecule has 0 saturated heterocycles. The summed E-state index contributed by atoms with van der Waals surface area (Å²) in [5.74, 6) is 0.589. The van der Waals surface area contributed by atoms with Crippen molar-refractivity contribution in [2.75, 3.05) is 5.32 Å². The lowest BCUT2D eigenvalue weighted by atomic mass is 10.0. The van der Waals surface area contributed by atoms with Crippen molar-refractivity contribution >= 4 is 11.6 Å². The highest BCUT2D eigenvalue weighted by Crippen LogP contribution is 2.23. The minimum absolute atomic E-state index is 0.124. The Kier molecular flexibility index (Phi) is 4.23. The molecule has 4 heteroatoms. The Hall–Kier alpha value is -2.10. The van der Waals surface area contributed by atoms with Gasteiger partial charge in [-0.15, -0.1) is 0 Å². The van der Waals surface area contributed by atoms with E-state index in [-0.39, 0.29) is 11.8 Å². The van der Waals surface area contributed by atoms with Crippen LogP contribution in [-0.2, 0) is 6.42 Å². The number of anilines is 1. The van der Waals surface area contributed by atoms with E-state index in [0.717, 1.165) is 12.1 Å². The lowest BCUT2D eigenvalue weighted by Gasteiger charge is -2.08. The van der Waals surface area contributed by atoms with Crippen LogP contribution in [0.25, 0.3) is 0 Å². The monoisotopic (exact) mass is 272 g/mol. The summed E-state index contributed by atoms with van der Waals surface area (Å²) in [6, 6.07) is 7.85. The standard InChI is InChI=1S/C16H20N2O2/c1-5-12-7-6-8-13(9-12)17-16(19)14-11(4)18-20-15(14)10(2)3/h6-10H,5H2,1-4H3,(H,17,19). The number of benzene rings is 1. The highest BCUT2D eigenvalue weighted by Gasteiger charge is 2.22. The topological polar surface area (TPSA) is 55.1 Å². The second-order valence-corrected chi connectivity index (χ2v) is 5.17. The molecule has 2 rings (SSSR count). The number of hydrogen-bond acceptors (Lipinski definition) is 3. The second-order valence-electron chi connectivity index (χ2n) is 5.17. The summed E-state index contributed by atoms with van der Waals surface area (Å²) < 4.78 is 5.25. The lowest BCUT2D eigenvalue weighted by Crippen LogP contribution is -2.14. The largest absolute Gasteiger partial charge is 0.360 e. The normalized spacial score (nSPS) is 10.8. The number of rotatable bonds is 4. The van der Waals surface area contributed by atoms with Crippen LogP contribution in [0.5, 0.6) is 0 Å². The molecule has 1 aromatic carbocycles. The van der Waals surface area contributed by atoms with E-state index in [9.17, 15) is 4.79 Å². The first-order valence-electron chi connectivity index (χ1n) is 6.89. The predicted molar refractivity (Wildman–Crippen MR) is 79.1 cm³/mol. The fourth-order valence-electron chi connectivity index (χ4n) is 2.12. The van der Waals surface area contributed by atoms with Crippen LogP contribution in [0.15, 0.2) is 28.8 Å².